The Bertz CT molecular complexity index is 2480. The van der Waals surface area contributed by atoms with Gasteiger partial charge >= 0.3 is 0 Å². The zero-order chi connectivity index (χ0) is 26.9. The Kier molecular flexibility index (Phi) is 4.61. The lowest BCUT2D eigenvalue weighted by Gasteiger charge is -2.03. The van der Waals surface area contributed by atoms with Gasteiger partial charge in [-0.2, -0.15) is 0 Å². The Morgan fingerprint density at radius 2 is 1.07 bits per heavy atom. The van der Waals surface area contributed by atoms with Crippen LogP contribution in [0.15, 0.2) is 131 Å². The van der Waals surface area contributed by atoms with Crippen LogP contribution in [-0.4, -0.2) is 4.98 Å². The van der Waals surface area contributed by atoms with Crippen molar-refractivity contribution in [1.82, 2.24) is 4.98 Å². The Hall–Kier alpha value is -5.54. The molecule has 0 amide bonds. The Morgan fingerprint density at radius 3 is 1.90 bits per heavy atom. The lowest BCUT2D eigenvalue weighted by Crippen LogP contribution is -2.09. The summed E-state index contributed by atoms with van der Waals surface area (Å²) in [6.07, 6.45) is 4.49. The summed E-state index contributed by atoms with van der Waals surface area (Å²) in [6.45, 7) is 0. The summed E-state index contributed by atoms with van der Waals surface area (Å²) in [5, 5.41) is 6.90. The van der Waals surface area contributed by atoms with Gasteiger partial charge in [0.05, 0.1) is 22.1 Å². The Morgan fingerprint density at radius 1 is 0.439 bits per heavy atom. The number of benzene rings is 6. The molecular formula is C38H23N3. The average molecular weight is 522 g/mol. The van der Waals surface area contributed by atoms with Crippen molar-refractivity contribution >= 4 is 45.3 Å². The lowest BCUT2D eigenvalue weighted by molar-refractivity contribution is 1.40. The van der Waals surface area contributed by atoms with E-state index in [0.29, 0.717) is 0 Å². The number of hydrogen-bond acceptors (Lipinski definition) is 2. The first kappa shape index (κ1) is 22.3. The topological polar surface area (TPSA) is 40.5 Å². The first-order valence-electron chi connectivity index (χ1n) is 13.9. The average Bonchev–Trinajstić information content (AvgIpc) is 3.68. The zero-order valence-corrected chi connectivity index (χ0v) is 22.1. The highest BCUT2D eigenvalue weighted by Gasteiger charge is 2.15. The van der Waals surface area contributed by atoms with Crippen molar-refractivity contribution in [2.24, 2.45) is 9.98 Å². The van der Waals surface area contributed by atoms with Gasteiger partial charge in [-0.1, -0.05) is 60.7 Å². The van der Waals surface area contributed by atoms with Crippen LogP contribution in [-0.2, 0) is 0 Å². The van der Waals surface area contributed by atoms with Crippen LogP contribution in [0.25, 0.3) is 56.2 Å². The van der Waals surface area contributed by atoms with Gasteiger partial charge in [-0.15, -0.1) is 0 Å². The van der Waals surface area contributed by atoms with E-state index in [1.807, 2.05) is 6.07 Å². The van der Waals surface area contributed by atoms with Gasteiger partial charge in [-0.05, 0) is 94.4 Å². The Balaban J connectivity index is 1.11. The first-order valence-corrected chi connectivity index (χ1v) is 13.9. The second-order valence-electron chi connectivity index (χ2n) is 10.8. The number of hydrogen-bond donors (Lipinski definition) is 1. The van der Waals surface area contributed by atoms with Crippen molar-refractivity contribution in [2.75, 3.05) is 0 Å². The third-order valence-electron chi connectivity index (χ3n) is 8.22. The molecule has 0 fully saturated rings. The van der Waals surface area contributed by atoms with Gasteiger partial charge in [0.25, 0.3) is 0 Å². The molecule has 0 unspecified atom stereocenters. The maximum atomic E-state index is 4.91. The van der Waals surface area contributed by atoms with Crippen LogP contribution in [0.1, 0.15) is 11.1 Å². The SMILES string of the molecule is C(c1ccc2c(c1)-c1cc(=Cc3ccc4[nH]c5ccccc5c4c3)ccc1=N2)=c1ccc2c(c1)-c1ccccc1N=2. The molecule has 2 aliphatic heterocycles. The third kappa shape index (κ3) is 3.60. The van der Waals surface area contributed by atoms with E-state index in [1.165, 1.54) is 54.5 Å². The summed E-state index contributed by atoms with van der Waals surface area (Å²) in [5.41, 5.74) is 11.5. The third-order valence-corrected chi connectivity index (χ3v) is 8.22. The summed E-state index contributed by atoms with van der Waals surface area (Å²) < 4.78 is 0. The molecule has 9 rings (SSSR count). The first-order chi connectivity index (χ1) is 20.2. The van der Waals surface area contributed by atoms with E-state index in [-0.39, 0.29) is 0 Å². The number of rotatable bonds is 2. The predicted molar refractivity (Wildman–Crippen MR) is 168 cm³/mol. The summed E-state index contributed by atoms with van der Waals surface area (Å²) in [7, 11) is 0. The van der Waals surface area contributed by atoms with Crippen LogP contribution in [0.5, 0.6) is 0 Å². The van der Waals surface area contributed by atoms with Crippen molar-refractivity contribution < 1.29 is 0 Å². The number of aromatic amines is 1. The molecule has 0 spiro atoms. The normalized spacial score (nSPS) is 13.6. The molecule has 6 aromatic carbocycles. The molecule has 3 heterocycles. The molecule has 0 radical (unpaired) electrons. The van der Waals surface area contributed by atoms with Crippen molar-refractivity contribution in [3.05, 3.63) is 154 Å². The van der Waals surface area contributed by atoms with E-state index in [2.05, 4.69) is 132 Å². The number of H-pyrrole nitrogens is 1. The minimum atomic E-state index is 1.02. The minimum absolute atomic E-state index is 1.02. The number of fused-ring (bicyclic) bond motifs is 9. The number of nitrogens with one attached hydrogen (secondary N) is 1. The molecule has 190 valence electrons. The van der Waals surface area contributed by atoms with Gasteiger partial charge in [-0.25, -0.2) is 9.98 Å². The molecule has 2 aliphatic rings. The second-order valence-corrected chi connectivity index (χ2v) is 10.8. The summed E-state index contributed by atoms with van der Waals surface area (Å²) in [5.74, 6) is 0. The van der Waals surface area contributed by atoms with E-state index >= 15 is 0 Å². The number of aromatic nitrogens is 1. The van der Waals surface area contributed by atoms with Crippen molar-refractivity contribution in [3.63, 3.8) is 0 Å². The standard InChI is InChI=1S/C38H23N3/c1-3-7-33-27(5-1)29-19-23(9-13-35(29)39-33)17-25-11-15-37-31(21-25)32-22-26(12-16-38(32)41-37)18-24-10-14-36-30(20-24)28-6-2-4-8-34(28)40-36/h1-22,39H. The van der Waals surface area contributed by atoms with E-state index < -0.39 is 0 Å². The van der Waals surface area contributed by atoms with Crippen molar-refractivity contribution in [2.45, 2.75) is 0 Å². The number of nitrogens with zero attached hydrogens (tertiary/aromatic N) is 2. The maximum absolute atomic E-state index is 4.91. The van der Waals surface area contributed by atoms with Gasteiger partial charge in [-0.3, -0.25) is 0 Å². The van der Waals surface area contributed by atoms with Gasteiger partial charge in [0.2, 0.25) is 0 Å². The highest BCUT2D eigenvalue weighted by molar-refractivity contribution is 6.07. The molecular weight excluding hydrogens is 498 g/mol. The van der Waals surface area contributed by atoms with Gasteiger partial charge in [0.1, 0.15) is 0 Å². The van der Waals surface area contributed by atoms with Crippen LogP contribution in [0, 0.1) is 0 Å². The van der Waals surface area contributed by atoms with Crippen molar-refractivity contribution in [3.8, 4) is 22.3 Å². The highest BCUT2D eigenvalue weighted by Crippen LogP contribution is 2.34. The molecule has 41 heavy (non-hydrogen) atoms. The van der Waals surface area contributed by atoms with Gasteiger partial charge in [0, 0.05) is 44.1 Å². The summed E-state index contributed by atoms with van der Waals surface area (Å²) in [4.78, 5) is 13.2. The molecule has 0 bridgehead atoms. The maximum Gasteiger partial charge on any atom is 0.0716 e. The molecule has 3 nitrogen and oxygen atoms in total. The quantitative estimate of drug-likeness (QED) is 0.259. The fraction of sp³-hybridized carbons (Fsp3) is 0. The second kappa shape index (κ2) is 8.48. The molecule has 0 aliphatic carbocycles. The zero-order valence-electron chi connectivity index (χ0n) is 22.1. The minimum Gasteiger partial charge on any atom is -0.355 e. The Labute approximate surface area is 235 Å². The van der Waals surface area contributed by atoms with E-state index in [1.54, 1.807) is 0 Å². The van der Waals surface area contributed by atoms with Crippen LogP contribution in [0.3, 0.4) is 0 Å². The van der Waals surface area contributed by atoms with Crippen LogP contribution in [0.4, 0.5) is 11.4 Å². The predicted octanol–water partition coefficient (Wildman–Crippen LogP) is 6.84. The largest absolute Gasteiger partial charge is 0.355 e. The summed E-state index contributed by atoms with van der Waals surface area (Å²) >= 11 is 0. The van der Waals surface area contributed by atoms with E-state index in [0.717, 1.165) is 33.2 Å². The van der Waals surface area contributed by atoms with Crippen LogP contribution < -0.4 is 21.2 Å². The fourth-order valence-electron chi connectivity index (χ4n) is 6.27. The molecule has 0 saturated carbocycles. The lowest BCUT2D eigenvalue weighted by atomic mass is 10.00. The molecule has 0 atom stereocenters. The summed E-state index contributed by atoms with van der Waals surface area (Å²) in [6, 6.07) is 43.1. The molecule has 1 aromatic heterocycles. The van der Waals surface area contributed by atoms with Gasteiger partial charge < -0.3 is 4.98 Å². The van der Waals surface area contributed by atoms with E-state index in [9.17, 15) is 0 Å². The van der Waals surface area contributed by atoms with E-state index in [4.69, 9.17) is 9.98 Å². The van der Waals surface area contributed by atoms with Crippen LogP contribution in [0.2, 0.25) is 0 Å². The molecule has 0 saturated heterocycles. The smallest absolute Gasteiger partial charge is 0.0716 e. The van der Waals surface area contributed by atoms with Crippen molar-refractivity contribution in [1.29, 1.82) is 0 Å². The molecule has 7 aromatic rings. The molecule has 3 heteroatoms. The molecule has 1 N–H and O–H groups in total. The highest BCUT2D eigenvalue weighted by atomic mass is 14.8. The van der Waals surface area contributed by atoms with Crippen LogP contribution >= 0.6 is 0 Å². The van der Waals surface area contributed by atoms with Gasteiger partial charge in [0.15, 0.2) is 0 Å². The monoisotopic (exact) mass is 521 g/mol. The number of para-hydroxylation sites is 2. The fourth-order valence-corrected chi connectivity index (χ4v) is 6.27.